The van der Waals surface area contributed by atoms with E-state index in [9.17, 15) is 44.5 Å². The fourth-order valence-corrected chi connectivity index (χ4v) is 5.61. The van der Waals surface area contributed by atoms with Crippen LogP contribution in [0.2, 0.25) is 0 Å². The summed E-state index contributed by atoms with van der Waals surface area (Å²) in [5, 5.41) is -3.22. The number of amides is 1. The summed E-state index contributed by atoms with van der Waals surface area (Å²) in [5.74, 6) is -3.61. The fourth-order valence-electron chi connectivity index (χ4n) is 2.76. The van der Waals surface area contributed by atoms with Crippen molar-refractivity contribution in [2.24, 2.45) is 5.92 Å². The molecule has 1 aliphatic carbocycles. The summed E-state index contributed by atoms with van der Waals surface area (Å²) in [7, 11) is -6.77. The van der Waals surface area contributed by atoms with Crippen molar-refractivity contribution < 1.29 is 49.2 Å². The van der Waals surface area contributed by atoms with Crippen molar-refractivity contribution in [1.29, 1.82) is 0 Å². The molecule has 184 valence electrons. The second kappa shape index (κ2) is 10.7. The van der Waals surface area contributed by atoms with Gasteiger partial charge in [-0.15, -0.1) is 0 Å². The minimum atomic E-state index is -6.77. The fraction of sp³-hybridized carbons (Fsp3) is 0.412. The third-order valence-electron chi connectivity index (χ3n) is 4.39. The van der Waals surface area contributed by atoms with Crippen molar-refractivity contribution >= 4 is 89.8 Å². The third kappa shape index (κ3) is 7.09. The first kappa shape index (κ1) is 28.9. The number of carbonyl (C=O) groups is 2. The molecule has 0 fully saturated rings. The van der Waals surface area contributed by atoms with Gasteiger partial charge in [-0.3, -0.25) is 9.59 Å². The van der Waals surface area contributed by atoms with E-state index in [2.05, 4.69) is 32.6 Å². The Morgan fingerprint density at radius 2 is 1.70 bits per heavy atom. The summed E-state index contributed by atoms with van der Waals surface area (Å²) in [4.78, 5) is 24.6. The zero-order valence-electron chi connectivity index (χ0n) is 15.8. The van der Waals surface area contributed by atoms with Crippen LogP contribution in [0.5, 0.6) is 0 Å². The predicted octanol–water partition coefficient (Wildman–Crippen LogP) is 4.18. The maximum Gasteiger partial charge on any atom is 0.432 e. The standard InChI is InChI=1S/C17H13F5I3NO6S/c18-16(19,20)15(17(21,22)33(29,30)31)32-14(28)7-1-3-9(4-2-7)26-13(27)10-5-8(23)6-11(24)12(10)25/h1,3,5-7,9,15H,2,4H2,(H,26,27)(H,29,30,31)/p-1. The first-order chi connectivity index (χ1) is 14.9. The van der Waals surface area contributed by atoms with Gasteiger partial charge in [0.25, 0.3) is 12.0 Å². The highest BCUT2D eigenvalue weighted by atomic mass is 127. The predicted molar refractivity (Wildman–Crippen MR) is 128 cm³/mol. The molecule has 1 aliphatic rings. The van der Waals surface area contributed by atoms with Gasteiger partial charge >= 0.3 is 17.4 Å². The van der Waals surface area contributed by atoms with E-state index in [0.717, 1.165) is 13.2 Å². The SMILES string of the molecule is O=C(NC1C=CC(C(=O)OC(C(F)(F)F)C(F)(F)S(=O)(=O)[O-])CC1)c1cc(I)cc(I)c1I. The first-order valence-corrected chi connectivity index (χ1v) is 13.3. The highest BCUT2D eigenvalue weighted by Crippen LogP contribution is 2.38. The van der Waals surface area contributed by atoms with Gasteiger partial charge in [0.2, 0.25) is 0 Å². The molecule has 1 aromatic carbocycles. The highest BCUT2D eigenvalue weighted by Gasteiger charge is 2.63. The van der Waals surface area contributed by atoms with Gasteiger partial charge in [0.15, 0.2) is 10.1 Å². The van der Waals surface area contributed by atoms with Crippen LogP contribution >= 0.6 is 67.8 Å². The summed E-state index contributed by atoms with van der Waals surface area (Å²) in [6.07, 6.45) is -8.21. The second-order valence-corrected chi connectivity index (χ2v) is 11.7. The average molecular weight is 834 g/mol. The summed E-state index contributed by atoms with van der Waals surface area (Å²) < 4.78 is 104. The summed E-state index contributed by atoms with van der Waals surface area (Å²) in [6, 6.07) is 2.93. The van der Waals surface area contributed by atoms with Crippen molar-refractivity contribution in [2.75, 3.05) is 0 Å². The van der Waals surface area contributed by atoms with E-state index in [0.29, 0.717) is 9.13 Å². The van der Waals surface area contributed by atoms with E-state index < -0.39 is 51.5 Å². The molecule has 0 heterocycles. The Balaban J connectivity index is 2.11. The number of esters is 1. The molecule has 3 atom stereocenters. The largest absolute Gasteiger partial charge is 0.743 e. The van der Waals surface area contributed by atoms with Crippen LogP contribution in [0.4, 0.5) is 22.0 Å². The summed E-state index contributed by atoms with van der Waals surface area (Å²) in [5.41, 5.74) is 0.399. The lowest BCUT2D eigenvalue weighted by atomic mass is 9.92. The van der Waals surface area contributed by atoms with Gasteiger partial charge < -0.3 is 14.6 Å². The Morgan fingerprint density at radius 3 is 2.18 bits per heavy atom. The van der Waals surface area contributed by atoms with Crippen molar-refractivity contribution in [3.63, 3.8) is 0 Å². The molecule has 0 aliphatic heterocycles. The van der Waals surface area contributed by atoms with Crippen LogP contribution in [-0.4, -0.2) is 48.4 Å². The topological polar surface area (TPSA) is 113 Å². The number of nitrogens with one attached hydrogen (secondary N) is 1. The number of alkyl halides is 5. The number of rotatable bonds is 6. The molecule has 1 aromatic rings. The zero-order valence-corrected chi connectivity index (χ0v) is 23.1. The van der Waals surface area contributed by atoms with Crippen molar-refractivity contribution in [3.8, 4) is 0 Å². The van der Waals surface area contributed by atoms with Crippen LogP contribution in [0.1, 0.15) is 23.2 Å². The molecule has 7 nitrogen and oxygen atoms in total. The molecule has 1 amide bonds. The molecule has 3 unspecified atom stereocenters. The van der Waals surface area contributed by atoms with Gasteiger partial charge in [0.1, 0.15) is 0 Å². The number of hydrogen-bond donors (Lipinski definition) is 1. The van der Waals surface area contributed by atoms with Crippen LogP contribution in [0.25, 0.3) is 0 Å². The Morgan fingerprint density at radius 1 is 1.09 bits per heavy atom. The molecule has 0 bridgehead atoms. The molecule has 33 heavy (non-hydrogen) atoms. The van der Waals surface area contributed by atoms with Gasteiger partial charge in [0.05, 0.1) is 11.5 Å². The van der Waals surface area contributed by atoms with E-state index >= 15 is 0 Å². The van der Waals surface area contributed by atoms with Crippen molar-refractivity contribution in [1.82, 2.24) is 5.32 Å². The van der Waals surface area contributed by atoms with Gasteiger partial charge in [0, 0.05) is 16.8 Å². The third-order valence-corrected chi connectivity index (χ3v) is 8.94. The van der Waals surface area contributed by atoms with Crippen LogP contribution < -0.4 is 5.32 Å². The monoisotopic (exact) mass is 834 g/mol. The highest BCUT2D eigenvalue weighted by molar-refractivity contribution is 14.1. The van der Waals surface area contributed by atoms with Crippen LogP contribution in [0, 0.1) is 16.6 Å². The van der Waals surface area contributed by atoms with Crippen LogP contribution in [0.3, 0.4) is 0 Å². The van der Waals surface area contributed by atoms with Crippen molar-refractivity contribution in [3.05, 3.63) is 40.6 Å². The Labute approximate surface area is 225 Å². The molecule has 1 N–H and O–H groups in total. The minimum Gasteiger partial charge on any atom is -0.743 e. The molecule has 0 saturated carbocycles. The van der Waals surface area contributed by atoms with Gasteiger partial charge in [-0.2, -0.15) is 22.0 Å². The molecular formula is C17H12F5I3NO6S-. The summed E-state index contributed by atoms with van der Waals surface area (Å²) in [6.45, 7) is 0. The van der Waals surface area contributed by atoms with E-state index in [1.807, 2.05) is 51.2 Å². The second-order valence-electron chi connectivity index (χ2n) is 6.77. The van der Waals surface area contributed by atoms with Crippen LogP contribution in [-0.2, 0) is 19.6 Å². The number of ether oxygens (including phenoxy) is 1. The zero-order chi connectivity index (χ0) is 25.4. The van der Waals surface area contributed by atoms with E-state index in [1.54, 1.807) is 6.07 Å². The summed E-state index contributed by atoms with van der Waals surface area (Å²) >= 11 is 6.11. The Kier molecular flexibility index (Phi) is 9.39. The molecule has 0 spiro atoms. The molecule has 2 rings (SSSR count). The van der Waals surface area contributed by atoms with Gasteiger partial charge in [-0.05, 0) is 92.7 Å². The Hall–Kier alpha value is -0.350. The maximum absolute atomic E-state index is 13.5. The normalized spacial score (nSPS) is 20.3. The molecule has 0 saturated heterocycles. The maximum atomic E-state index is 13.5. The molecule has 0 aromatic heterocycles. The first-order valence-electron chi connectivity index (χ1n) is 8.69. The molecule has 0 radical (unpaired) electrons. The Bertz CT molecular complexity index is 1080. The molecular weight excluding hydrogens is 822 g/mol. The van der Waals surface area contributed by atoms with Gasteiger partial charge in [-0.1, -0.05) is 12.2 Å². The average Bonchev–Trinajstić information content (AvgIpc) is 2.67. The van der Waals surface area contributed by atoms with E-state index in [-0.39, 0.29) is 12.8 Å². The van der Waals surface area contributed by atoms with Gasteiger partial charge in [-0.25, -0.2) is 8.42 Å². The lowest BCUT2D eigenvalue weighted by Crippen LogP contribution is -2.52. The molecule has 16 heteroatoms. The number of hydrogen-bond acceptors (Lipinski definition) is 6. The van der Waals surface area contributed by atoms with Crippen LogP contribution in [0.15, 0.2) is 24.3 Å². The van der Waals surface area contributed by atoms with E-state index in [4.69, 9.17) is 0 Å². The lowest BCUT2D eigenvalue weighted by molar-refractivity contribution is -0.260. The van der Waals surface area contributed by atoms with E-state index in [1.165, 1.54) is 6.08 Å². The smallest absolute Gasteiger partial charge is 0.432 e. The quantitative estimate of drug-likeness (QED) is 0.115. The number of halogens is 8. The lowest BCUT2D eigenvalue weighted by Gasteiger charge is -2.31. The minimum absolute atomic E-state index is 0.0620. The number of benzene rings is 1. The van der Waals surface area contributed by atoms with Crippen molar-refractivity contribution in [2.45, 2.75) is 36.4 Å². The number of carbonyl (C=O) groups excluding carboxylic acids is 2.